The quantitative estimate of drug-likeness (QED) is 0.822. The summed E-state index contributed by atoms with van der Waals surface area (Å²) in [7, 11) is 1.49. The van der Waals surface area contributed by atoms with Gasteiger partial charge in [0.15, 0.2) is 11.5 Å². The molecule has 100 valence electrons. The fourth-order valence-electron chi connectivity index (χ4n) is 1.48. The first-order valence-corrected chi connectivity index (χ1v) is 5.41. The summed E-state index contributed by atoms with van der Waals surface area (Å²) in [6, 6.07) is 5.55. The Balaban J connectivity index is 2.16. The number of para-hydroxylation sites is 1. The SMILES string of the molecule is COCc1cc(C(=O)Nc2c(N)cccc2F)no1. The molecule has 3 N–H and O–H groups in total. The zero-order valence-electron chi connectivity index (χ0n) is 10.1. The van der Waals surface area contributed by atoms with Gasteiger partial charge in [0.2, 0.25) is 0 Å². The van der Waals surface area contributed by atoms with E-state index in [9.17, 15) is 9.18 Å². The lowest BCUT2D eigenvalue weighted by Crippen LogP contribution is -2.14. The number of nitrogens with one attached hydrogen (secondary N) is 1. The molecule has 0 fully saturated rings. The molecule has 7 heteroatoms. The summed E-state index contributed by atoms with van der Waals surface area (Å²) in [5.74, 6) is -0.828. The molecule has 0 aliphatic heterocycles. The minimum absolute atomic E-state index is 0.0229. The first-order chi connectivity index (χ1) is 9.11. The van der Waals surface area contributed by atoms with Gasteiger partial charge in [0.25, 0.3) is 5.91 Å². The van der Waals surface area contributed by atoms with Crippen molar-refractivity contribution in [3.8, 4) is 0 Å². The second-order valence-electron chi connectivity index (χ2n) is 3.77. The van der Waals surface area contributed by atoms with Crippen LogP contribution >= 0.6 is 0 Å². The van der Waals surface area contributed by atoms with Crippen LogP contribution < -0.4 is 11.1 Å². The van der Waals surface area contributed by atoms with Crippen LogP contribution in [0.25, 0.3) is 0 Å². The lowest BCUT2D eigenvalue weighted by molar-refractivity contribution is 0.101. The number of nitrogens with zero attached hydrogens (tertiary/aromatic N) is 1. The van der Waals surface area contributed by atoms with Crippen molar-refractivity contribution >= 4 is 17.3 Å². The van der Waals surface area contributed by atoms with Crippen molar-refractivity contribution in [3.63, 3.8) is 0 Å². The first-order valence-electron chi connectivity index (χ1n) is 5.41. The van der Waals surface area contributed by atoms with E-state index < -0.39 is 11.7 Å². The summed E-state index contributed by atoms with van der Waals surface area (Å²) < 4.78 is 23.2. The van der Waals surface area contributed by atoms with E-state index in [0.717, 1.165) is 0 Å². The number of benzene rings is 1. The Morgan fingerprint density at radius 1 is 1.58 bits per heavy atom. The highest BCUT2D eigenvalue weighted by Gasteiger charge is 2.15. The normalized spacial score (nSPS) is 10.4. The maximum Gasteiger partial charge on any atom is 0.277 e. The summed E-state index contributed by atoms with van der Waals surface area (Å²) in [6.07, 6.45) is 0. The highest BCUT2D eigenvalue weighted by atomic mass is 19.1. The molecule has 0 atom stereocenters. The molecule has 1 heterocycles. The topological polar surface area (TPSA) is 90.4 Å². The van der Waals surface area contributed by atoms with Crippen molar-refractivity contribution < 1.29 is 18.4 Å². The maximum atomic E-state index is 13.5. The van der Waals surface area contributed by atoms with E-state index in [2.05, 4.69) is 10.5 Å². The number of nitrogen functional groups attached to an aromatic ring is 1. The zero-order chi connectivity index (χ0) is 13.8. The molecule has 0 aliphatic rings. The largest absolute Gasteiger partial charge is 0.397 e. The van der Waals surface area contributed by atoms with Crippen molar-refractivity contribution in [1.82, 2.24) is 5.16 Å². The lowest BCUT2D eigenvalue weighted by atomic mass is 10.2. The van der Waals surface area contributed by atoms with Gasteiger partial charge in [-0.15, -0.1) is 0 Å². The van der Waals surface area contributed by atoms with E-state index in [4.69, 9.17) is 15.0 Å². The fourth-order valence-corrected chi connectivity index (χ4v) is 1.48. The lowest BCUT2D eigenvalue weighted by Gasteiger charge is -2.07. The minimum Gasteiger partial charge on any atom is -0.397 e. The Morgan fingerprint density at radius 3 is 3.05 bits per heavy atom. The van der Waals surface area contributed by atoms with E-state index in [-0.39, 0.29) is 23.7 Å². The number of carbonyl (C=O) groups is 1. The number of hydrogen-bond donors (Lipinski definition) is 2. The Kier molecular flexibility index (Phi) is 3.76. The highest BCUT2D eigenvalue weighted by Crippen LogP contribution is 2.22. The van der Waals surface area contributed by atoms with E-state index in [0.29, 0.717) is 5.76 Å². The second kappa shape index (κ2) is 5.49. The highest BCUT2D eigenvalue weighted by molar-refractivity contribution is 6.04. The molecule has 6 nitrogen and oxygen atoms in total. The third-order valence-corrected chi connectivity index (χ3v) is 2.36. The van der Waals surface area contributed by atoms with Crippen LogP contribution in [0.2, 0.25) is 0 Å². The number of ether oxygens (including phenoxy) is 1. The van der Waals surface area contributed by atoms with Gasteiger partial charge in [-0.25, -0.2) is 4.39 Å². The molecule has 0 unspecified atom stereocenters. The molecule has 0 radical (unpaired) electrons. The Labute approximate surface area is 108 Å². The molecule has 2 aromatic rings. The number of carbonyl (C=O) groups excluding carboxylic acids is 1. The summed E-state index contributed by atoms with van der Waals surface area (Å²) >= 11 is 0. The third-order valence-electron chi connectivity index (χ3n) is 2.36. The summed E-state index contributed by atoms with van der Waals surface area (Å²) in [6.45, 7) is 0.197. The van der Waals surface area contributed by atoms with Crippen LogP contribution in [0.5, 0.6) is 0 Å². The zero-order valence-corrected chi connectivity index (χ0v) is 10.1. The van der Waals surface area contributed by atoms with Gasteiger partial charge in [0, 0.05) is 13.2 Å². The molecule has 0 spiro atoms. The first kappa shape index (κ1) is 13.0. The van der Waals surface area contributed by atoms with Gasteiger partial charge in [-0.1, -0.05) is 11.2 Å². The molecular weight excluding hydrogens is 253 g/mol. The van der Waals surface area contributed by atoms with Crippen LogP contribution in [0.1, 0.15) is 16.2 Å². The number of rotatable bonds is 4. The van der Waals surface area contributed by atoms with Gasteiger partial charge >= 0.3 is 0 Å². The molecule has 1 aromatic carbocycles. The van der Waals surface area contributed by atoms with Gasteiger partial charge in [-0.3, -0.25) is 4.79 Å². The van der Waals surface area contributed by atoms with Crippen LogP contribution in [-0.4, -0.2) is 18.2 Å². The standard InChI is InChI=1S/C12H12FN3O3/c1-18-6-7-5-10(16-19-7)12(17)15-11-8(13)3-2-4-9(11)14/h2-5H,6,14H2,1H3,(H,15,17). The van der Waals surface area contributed by atoms with Gasteiger partial charge < -0.3 is 20.3 Å². The van der Waals surface area contributed by atoms with Crippen LogP contribution in [-0.2, 0) is 11.3 Å². The second-order valence-corrected chi connectivity index (χ2v) is 3.77. The van der Waals surface area contributed by atoms with Gasteiger partial charge in [0.05, 0.1) is 5.69 Å². The van der Waals surface area contributed by atoms with Crippen molar-refractivity contribution in [2.24, 2.45) is 0 Å². The average molecular weight is 265 g/mol. The number of methoxy groups -OCH3 is 1. The summed E-state index contributed by atoms with van der Waals surface area (Å²) in [5, 5.41) is 5.91. The molecule has 19 heavy (non-hydrogen) atoms. The molecule has 0 saturated carbocycles. The number of nitrogens with two attached hydrogens (primary N) is 1. The third kappa shape index (κ3) is 2.89. The van der Waals surface area contributed by atoms with Crippen molar-refractivity contribution in [3.05, 3.63) is 41.5 Å². The van der Waals surface area contributed by atoms with Gasteiger partial charge in [-0.2, -0.15) is 0 Å². The van der Waals surface area contributed by atoms with Crippen molar-refractivity contribution in [2.75, 3.05) is 18.2 Å². The average Bonchev–Trinajstić information content (AvgIpc) is 2.83. The number of anilines is 2. The number of amides is 1. The Bertz CT molecular complexity index is 577. The number of aromatic nitrogens is 1. The number of halogens is 1. The van der Waals surface area contributed by atoms with E-state index in [1.807, 2.05) is 0 Å². The molecule has 0 saturated heterocycles. The van der Waals surface area contributed by atoms with Crippen LogP contribution in [0.4, 0.5) is 15.8 Å². The fraction of sp³-hybridized carbons (Fsp3) is 0.167. The molecule has 1 amide bonds. The van der Waals surface area contributed by atoms with Crippen molar-refractivity contribution in [1.29, 1.82) is 0 Å². The molecular formula is C12H12FN3O3. The smallest absolute Gasteiger partial charge is 0.277 e. The van der Waals surface area contributed by atoms with Gasteiger partial charge in [0.1, 0.15) is 18.1 Å². The van der Waals surface area contributed by atoms with Crippen molar-refractivity contribution in [2.45, 2.75) is 6.61 Å². The summed E-state index contributed by atoms with van der Waals surface area (Å²) in [4.78, 5) is 11.8. The predicted molar refractivity (Wildman–Crippen MR) is 66.0 cm³/mol. The van der Waals surface area contributed by atoms with E-state index in [1.54, 1.807) is 0 Å². The van der Waals surface area contributed by atoms with Crippen LogP contribution in [0, 0.1) is 5.82 Å². The molecule has 2 rings (SSSR count). The van der Waals surface area contributed by atoms with E-state index in [1.165, 1.54) is 31.4 Å². The molecule has 0 bridgehead atoms. The monoisotopic (exact) mass is 265 g/mol. The Morgan fingerprint density at radius 2 is 2.37 bits per heavy atom. The van der Waals surface area contributed by atoms with Gasteiger partial charge in [-0.05, 0) is 12.1 Å². The minimum atomic E-state index is -0.617. The maximum absolute atomic E-state index is 13.5. The summed E-state index contributed by atoms with van der Waals surface area (Å²) in [5.41, 5.74) is 5.66. The van der Waals surface area contributed by atoms with E-state index >= 15 is 0 Å². The molecule has 0 aliphatic carbocycles. The predicted octanol–water partition coefficient (Wildman–Crippen LogP) is 1.79. The van der Waals surface area contributed by atoms with Crippen LogP contribution in [0.3, 0.4) is 0 Å². The molecule has 1 aromatic heterocycles. The Hall–Kier alpha value is -2.41. The van der Waals surface area contributed by atoms with Crippen LogP contribution in [0.15, 0.2) is 28.8 Å². The number of hydrogen-bond acceptors (Lipinski definition) is 5.